The molecule has 0 aliphatic rings. The van der Waals surface area contributed by atoms with Gasteiger partial charge in [-0.15, -0.1) is 11.3 Å². The Morgan fingerprint density at radius 2 is 1.94 bits per heavy atom. The van der Waals surface area contributed by atoms with Gasteiger partial charge < -0.3 is 10.4 Å². The Balaban J connectivity index is 1.42. The Morgan fingerprint density at radius 3 is 2.68 bits per heavy atom. The highest BCUT2D eigenvalue weighted by atomic mass is 127. The summed E-state index contributed by atoms with van der Waals surface area (Å²) in [5, 5.41) is 23.6. The molecule has 0 saturated carbocycles. The quantitative estimate of drug-likeness (QED) is 0.0732. The molecule has 0 aliphatic carbocycles. The molecule has 2 N–H and O–H groups in total. The van der Waals surface area contributed by atoms with Gasteiger partial charge in [0.05, 0.1) is 33.7 Å². The molecule has 4 aromatic rings. The summed E-state index contributed by atoms with van der Waals surface area (Å²) in [7, 11) is 0. The molecular formula is C22H14I2N4O4S2. The number of nitro groups is 1. The number of carbonyl (C=O) groups excluding carboxylic acids is 1. The Hall–Kier alpha value is -2.30. The number of phenols is 1. The molecule has 0 fully saturated rings. The number of rotatable bonds is 7. The third-order valence-corrected chi connectivity index (χ3v) is 8.26. The van der Waals surface area contributed by atoms with E-state index in [1.165, 1.54) is 35.2 Å². The number of anilines is 1. The molecule has 4 rings (SSSR count). The van der Waals surface area contributed by atoms with E-state index in [0.29, 0.717) is 0 Å². The topological polar surface area (TPSA) is 118 Å². The van der Waals surface area contributed by atoms with E-state index < -0.39 is 4.92 Å². The zero-order valence-corrected chi connectivity index (χ0v) is 23.0. The van der Waals surface area contributed by atoms with Crippen LogP contribution in [0.1, 0.15) is 5.56 Å². The maximum Gasteiger partial charge on any atom is 0.292 e. The maximum absolute atomic E-state index is 12.3. The molecule has 1 heterocycles. The Morgan fingerprint density at radius 1 is 1.21 bits per heavy atom. The molecule has 12 heteroatoms. The van der Waals surface area contributed by atoms with E-state index in [-0.39, 0.29) is 28.8 Å². The number of benzene rings is 3. The number of thioether (sulfide) groups is 1. The second-order valence-corrected chi connectivity index (χ2v) is 11.4. The van der Waals surface area contributed by atoms with Crippen molar-refractivity contribution in [1.82, 2.24) is 4.98 Å². The van der Waals surface area contributed by atoms with Crippen LogP contribution in [0.25, 0.3) is 10.2 Å². The van der Waals surface area contributed by atoms with Crippen molar-refractivity contribution in [2.45, 2.75) is 4.34 Å². The Bertz CT molecular complexity index is 1420. The van der Waals surface area contributed by atoms with E-state index in [1.54, 1.807) is 18.3 Å². The normalized spacial score (nSPS) is 11.2. The van der Waals surface area contributed by atoms with Crippen molar-refractivity contribution in [2.24, 2.45) is 4.99 Å². The number of nitrogens with zero attached hydrogens (tertiary/aromatic N) is 3. The minimum Gasteiger partial charge on any atom is -0.506 e. The number of nitrogens with one attached hydrogen (secondary N) is 1. The fourth-order valence-electron chi connectivity index (χ4n) is 2.90. The summed E-state index contributed by atoms with van der Waals surface area (Å²) < 4.78 is 3.18. The smallest absolute Gasteiger partial charge is 0.292 e. The summed E-state index contributed by atoms with van der Waals surface area (Å²) in [6.07, 6.45) is 1.74. The lowest BCUT2D eigenvalue weighted by atomic mass is 10.2. The number of hydrogen-bond donors (Lipinski definition) is 2. The van der Waals surface area contributed by atoms with Gasteiger partial charge in [0.1, 0.15) is 11.4 Å². The highest BCUT2D eigenvalue weighted by Gasteiger charge is 2.15. The van der Waals surface area contributed by atoms with Crippen LogP contribution in [0.15, 0.2) is 63.9 Å². The fourth-order valence-corrected chi connectivity index (χ4v) is 6.61. The van der Waals surface area contributed by atoms with E-state index in [4.69, 9.17) is 0 Å². The minimum atomic E-state index is -0.528. The number of hydrogen-bond acceptors (Lipinski definition) is 8. The van der Waals surface area contributed by atoms with Gasteiger partial charge in [0.15, 0.2) is 4.34 Å². The van der Waals surface area contributed by atoms with Crippen molar-refractivity contribution in [2.75, 3.05) is 11.1 Å². The molecule has 0 unspecified atom stereocenters. The molecule has 1 amide bonds. The second-order valence-electron chi connectivity index (χ2n) is 6.83. The van der Waals surface area contributed by atoms with E-state index in [1.807, 2.05) is 30.3 Å². The van der Waals surface area contributed by atoms with Gasteiger partial charge in [0.25, 0.3) is 5.69 Å². The first-order chi connectivity index (χ1) is 16.3. The van der Waals surface area contributed by atoms with Crippen molar-refractivity contribution in [3.05, 3.63) is 77.4 Å². The van der Waals surface area contributed by atoms with Gasteiger partial charge in [-0.05, 0) is 87.1 Å². The van der Waals surface area contributed by atoms with Gasteiger partial charge in [0, 0.05) is 12.3 Å². The number of thiazole rings is 1. The molecular weight excluding hydrogens is 702 g/mol. The van der Waals surface area contributed by atoms with Crippen molar-refractivity contribution in [3.63, 3.8) is 0 Å². The average Bonchev–Trinajstić information content (AvgIpc) is 3.22. The van der Waals surface area contributed by atoms with E-state index >= 15 is 0 Å². The summed E-state index contributed by atoms with van der Waals surface area (Å²) in [5.41, 5.74) is 2.48. The third kappa shape index (κ3) is 6.03. The first-order valence-electron chi connectivity index (χ1n) is 9.59. The molecule has 34 heavy (non-hydrogen) atoms. The van der Waals surface area contributed by atoms with E-state index in [0.717, 1.165) is 32.9 Å². The molecule has 0 saturated heterocycles. The van der Waals surface area contributed by atoms with Gasteiger partial charge >= 0.3 is 0 Å². The van der Waals surface area contributed by atoms with Crippen molar-refractivity contribution >= 4 is 108 Å². The number of aromatic hydroxyl groups is 1. The summed E-state index contributed by atoms with van der Waals surface area (Å²) in [4.78, 5) is 31.9. The third-order valence-electron chi connectivity index (χ3n) is 4.46. The zero-order valence-electron chi connectivity index (χ0n) is 17.1. The largest absolute Gasteiger partial charge is 0.506 e. The van der Waals surface area contributed by atoms with Crippen molar-refractivity contribution < 1.29 is 14.8 Å². The number of halogens is 2. The summed E-state index contributed by atoms with van der Waals surface area (Å²) in [6.45, 7) is 0. The van der Waals surface area contributed by atoms with Gasteiger partial charge in [-0.25, -0.2) is 4.98 Å². The molecule has 8 nitrogen and oxygen atoms in total. The standard InChI is InChI=1S/C22H14I2N4O4S2/c23-14-7-12(8-15(24)21(14)30)10-25-13-5-6-17-19(9-13)34-22(27-17)33-11-20(29)26-16-3-1-2-4-18(16)28(31)32/h1-10,30H,11H2,(H,26,29). The van der Waals surface area contributed by atoms with Crippen molar-refractivity contribution in [1.29, 1.82) is 0 Å². The van der Waals surface area contributed by atoms with Crippen LogP contribution in [0.2, 0.25) is 0 Å². The number of aromatic nitrogens is 1. The molecule has 0 atom stereocenters. The number of fused-ring (bicyclic) bond motifs is 1. The predicted molar refractivity (Wildman–Crippen MR) is 153 cm³/mol. The first-order valence-corrected chi connectivity index (χ1v) is 13.5. The number of amides is 1. The predicted octanol–water partition coefficient (Wildman–Crippen LogP) is 6.60. The van der Waals surface area contributed by atoms with Crippen LogP contribution >= 0.6 is 68.3 Å². The molecule has 3 aromatic carbocycles. The highest BCUT2D eigenvalue weighted by Crippen LogP contribution is 2.33. The number of phenolic OH excluding ortho intramolecular Hbond substituents is 1. The highest BCUT2D eigenvalue weighted by molar-refractivity contribution is 14.1. The molecule has 0 spiro atoms. The molecule has 0 radical (unpaired) electrons. The monoisotopic (exact) mass is 716 g/mol. The van der Waals surface area contributed by atoms with Crippen molar-refractivity contribution in [3.8, 4) is 5.75 Å². The lowest BCUT2D eigenvalue weighted by Crippen LogP contribution is -2.15. The SMILES string of the molecule is O=C(CSc1nc2ccc(N=Cc3cc(I)c(O)c(I)c3)cc2s1)Nc1ccccc1[N+](=O)[O-]. The Kier molecular flexibility index (Phi) is 8.00. The lowest BCUT2D eigenvalue weighted by molar-refractivity contribution is -0.383. The van der Waals surface area contributed by atoms with Crippen LogP contribution < -0.4 is 5.32 Å². The summed E-state index contributed by atoms with van der Waals surface area (Å²) in [6, 6.07) is 15.4. The second kappa shape index (κ2) is 11.0. The van der Waals surface area contributed by atoms with Crippen LogP contribution in [0.4, 0.5) is 17.1 Å². The minimum absolute atomic E-state index is 0.0784. The average molecular weight is 716 g/mol. The van der Waals surface area contributed by atoms with Crippen LogP contribution in [-0.2, 0) is 4.79 Å². The molecule has 1 aromatic heterocycles. The number of nitro benzene ring substituents is 1. The molecule has 0 bridgehead atoms. The maximum atomic E-state index is 12.3. The Labute approximate surface area is 229 Å². The number of para-hydroxylation sites is 2. The van der Waals surface area contributed by atoms with Crippen LogP contribution in [0.5, 0.6) is 5.75 Å². The van der Waals surface area contributed by atoms with Gasteiger partial charge in [-0.1, -0.05) is 23.9 Å². The van der Waals surface area contributed by atoms with Crippen LogP contribution in [0, 0.1) is 17.3 Å². The first kappa shape index (κ1) is 24.8. The zero-order chi connectivity index (χ0) is 24.2. The van der Waals surface area contributed by atoms with Gasteiger partial charge in [-0.2, -0.15) is 0 Å². The van der Waals surface area contributed by atoms with Gasteiger partial charge in [0.2, 0.25) is 5.91 Å². The summed E-state index contributed by atoms with van der Waals surface area (Å²) in [5.74, 6) is 0.00165. The molecule has 172 valence electrons. The summed E-state index contributed by atoms with van der Waals surface area (Å²) >= 11 is 6.89. The van der Waals surface area contributed by atoms with Gasteiger partial charge in [-0.3, -0.25) is 19.9 Å². The van der Waals surface area contributed by atoms with E-state index in [9.17, 15) is 20.0 Å². The number of aliphatic imine (C=N–C) groups is 1. The van der Waals surface area contributed by atoms with Crippen LogP contribution in [-0.4, -0.2) is 32.9 Å². The molecule has 0 aliphatic heterocycles. The lowest BCUT2D eigenvalue weighted by Gasteiger charge is -2.04. The van der Waals surface area contributed by atoms with E-state index in [2.05, 4.69) is 60.5 Å². The number of carbonyl (C=O) groups is 1. The van der Waals surface area contributed by atoms with Crippen LogP contribution in [0.3, 0.4) is 0 Å². The fraction of sp³-hybridized carbons (Fsp3) is 0.0455.